The summed E-state index contributed by atoms with van der Waals surface area (Å²) in [7, 11) is 2.12. The number of likely N-dealkylation sites (N-methyl/N-ethyl adjacent to an activating group) is 1. The Bertz CT molecular complexity index is 1020. The van der Waals surface area contributed by atoms with E-state index in [0.29, 0.717) is 16.8 Å². The first-order valence-corrected chi connectivity index (χ1v) is 8.63. The lowest BCUT2D eigenvalue weighted by molar-refractivity contribution is -0.383. The molecule has 0 saturated heterocycles. The third-order valence-electron chi connectivity index (χ3n) is 4.97. The molecule has 6 nitrogen and oxygen atoms in total. The van der Waals surface area contributed by atoms with Gasteiger partial charge in [0.15, 0.2) is 0 Å². The number of nitrogens with one attached hydrogen (secondary N) is 1. The van der Waals surface area contributed by atoms with Crippen LogP contribution in [0.3, 0.4) is 0 Å². The molecule has 2 heterocycles. The van der Waals surface area contributed by atoms with Crippen LogP contribution in [0.2, 0.25) is 0 Å². The Morgan fingerprint density at radius 3 is 2.81 bits per heavy atom. The van der Waals surface area contributed by atoms with E-state index in [1.165, 1.54) is 11.1 Å². The fourth-order valence-corrected chi connectivity index (χ4v) is 3.60. The van der Waals surface area contributed by atoms with E-state index in [2.05, 4.69) is 34.4 Å². The number of anilines is 2. The highest BCUT2D eigenvalue weighted by atomic mass is 16.6. The lowest BCUT2D eigenvalue weighted by Gasteiger charge is -2.25. The minimum absolute atomic E-state index is 0.139. The van der Waals surface area contributed by atoms with Crippen molar-refractivity contribution in [1.29, 1.82) is 0 Å². The third-order valence-corrected chi connectivity index (χ3v) is 4.97. The Balaban J connectivity index is 1.75. The quantitative estimate of drug-likeness (QED) is 0.568. The van der Waals surface area contributed by atoms with Gasteiger partial charge in [-0.3, -0.25) is 10.1 Å². The summed E-state index contributed by atoms with van der Waals surface area (Å²) in [4.78, 5) is 17.8. The second-order valence-corrected chi connectivity index (χ2v) is 6.84. The maximum atomic E-state index is 11.5. The maximum Gasteiger partial charge on any atom is 0.280 e. The minimum Gasteiger partial charge on any atom is -0.340 e. The molecule has 1 aliphatic heterocycles. The highest BCUT2D eigenvalue weighted by Gasteiger charge is 2.18. The number of nitro groups is 1. The molecular weight excluding hydrogens is 328 g/mol. The van der Waals surface area contributed by atoms with E-state index >= 15 is 0 Å². The van der Waals surface area contributed by atoms with Gasteiger partial charge >= 0.3 is 0 Å². The standard InChI is InChI=1S/C20H20N4O2/c1-13-3-6-18-17(19(13)24(25)26)7-9-21-20(18)22-16-5-4-14-8-10-23(2)12-15(14)11-16/h3-7,9,11H,8,10,12H2,1-2H3,(H,21,22). The molecule has 0 unspecified atom stereocenters. The van der Waals surface area contributed by atoms with Crippen LogP contribution in [0.15, 0.2) is 42.6 Å². The molecule has 4 rings (SSSR count). The van der Waals surface area contributed by atoms with Crippen molar-refractivity contribution in [3.05, 3.63) is 69.4 Å². The molecule has 0 saturated carbocycles. The van der Waals surface area contributed by atoms with Crippen LogP contribution in [0.4, 0.5) is 17.2 Å². The fourth-order valence-electron chi connectivity index (χ4n) is 3.60. The van der Waals surface area contributed by atoms with E-state index in [1.54, 1.807) is 25.3 Å². The van der Waals surface area contributed by atoms with E-state index in [-0.39, 0.29) is 10.6 Å². The van der Waals surface area contributed by atoms with Crippen LogP contribution in [0.25, 0.3) is 10.8 Å². The van der Waals surface area contributed by atoms with Crippen LogP contribution in [0.1, 0.15) is 16.7 Å². The van der Waals surface area contributed by atoms with Gasteiger partial charge in [0.25, 0.3) is 5.69 Å². The van der Waals surface area contributed by atoms with Gasteiger partial charge in [-0.2, -0.15) is 0 Å². The van der Waals surface area contributed by atoms with Crippen LogP contribution in [-0.4, -0.2) is 28.4 Å². The van der Waals surface area contributed by atoms with Crippen molar-refractivity contribution in [2.45, 2.75) is 19.9 Å². The van der Waals surface area contributed by atoms with Crippen molar-refractivity contribution < 1.29 is 4.92 Å². The average Bonchev–Trinajstić information content (AvgIpc) is 2.61. The van der Waals surface area contributed by atoms with Gasteiger partial charge in [-0.25, -0.2) is 4.98 Å². The van der Waals surface area contributed by atoms with Crippen molar-refractivity contribution >= 4 is 28.0 Å². The van der Waals surface area contributed by atoms with Crippen molar-refractivity contribution in [2.75, 3.05) is 18.9 Å². The topological polar surface area (TPSA) is 71.3 Å². The molecule has 0 spiro atoms. The Morgan fingerprint density at radius 2 is 2.00 bits per heavy atom. The molecule has 0 bridgehead atoms. The van der Waals surface area contributed by atoms with Crippen LogP contribution < -0.4 is 5.32 Å². The van der Waals surface area contributed by atoms with E-state index < -0.39 is 0 Å². The van der Waals surface area contributed by atoms with E-state index in [9.17, 15) is 10.1 Å². The average molecular weight is 348 g/mol. The normalized spacial score (nSPS) is 14.2. The summed E-state index contributed by atoms with van der Waals surface area (Å²) in [6.07, 6.45) is 2.67. The number of pyridine rings is 1. The lowest BCUT2D eigenvalue weighted by atomic mass is 9.99. The first kappa shape index (κ1) is 16.5. The summed E-state index contributed by atoms with van der Waals surface area (Å²) in [6.45, 7) is 3.76. The molecule has 1 N–H and O–H groups in total. The second-order valence-electron chi connectivity index (χ2n) is 6.84. The summed E-state index contributed by atoms with van der Waals surface area (Å²) in [5.41, 5.74) is 4.43. The predicted octanol–water partition coefficient (Wildman–Crippen LogP) is 4.18. The first-order chi connectivity index (χ1) is 12.5. The molecule has 0 fully saturated rings. The number of nitro benzene ring substituents is 1. The monoisotopic (exact) mass is 348 g/mol. The van der Waals surface area contributed by atoms with Crippen molar-refractivity contribution in [3.8, 4) is 0 Å². The van der Waals surface area contributed by atoms with Gasteiger partial charge in [-0.1, -0.05) is 12.1 Å². The zero-order valence-electron chi connectivity index (χ0n) is 14.8. The second kappa shape index (κ2) is 6.38. The van der Waals surface area contributed by atoms with Crippen LogP contribution in [0, 0.1) is 17.0 Å². The highest BCUT2D eigenvalue weighted by molar-refractivity contribution is 5.99. The number of fused-ring (bicyclic) bond motifs is 2. The molecule has 0 radical (unpaired) electrons. The molecule has 132 valence electrons. The molecule has 0 amide bonds. The largest absolute Gasteiger partial charge is 0.340 e. The Morgan fingerprint density at radius 1 is 1.15 bits per heavy atom. The Labute approximate surface area is 151 Å². The number of aryl methyl sites for hydroxylation is 1. The van der Waals surface area contributed by atoms with E-state index in [1.807, 2.05) is 12.1 Å². The third kappa shape index (κ3) is 2.88. The van der Waals surface area contributed by atoms with Crippen molar-refractivity contribution in [2.24, 2.45) is 0 Å². The maximum absolute atomic E-state index is 11.5. The van der Waals surface area contributed by atoms with Gasteiger partial charge in [0.1, 0.15) is 5.82 Å². The van der Waals surface area contributed by atoms with Gasteiger partial charge in [0.05, 0.1) is 10.3 Å². The Hall–Kier alpha value is -2.99. The summed E-state index contributed by atoms with van der Waals surface area (Å²) in [5.74, 6) is 0.634. The molecule has 3 aromatic rings. The highest BCUT2D eigenvalue weighted by Crippen LogP contribution is 2.33. The van der Waals surface area contributed by atoms with Crippen LogP contribution in [-0.2, 0) is 13.0 Å². The van der Waals surface area contributed by atoms with E-state index in [4.69, 9.17) is 0 Å². The molecule has 0 aliphatic carbocycles. The summed E-state index contributed by atoms with van der Waals surface area (Å²) in [5, 5.41) is 16.2. The van der Waals surface area contributed by atoms with Gasteiger partial charge in [0.2, 0.25) is 0 Å². The zero-order valence-corrected chi connectivity index (χ0v) is 14.8. The number of benzene rings is 2. The summed E-state index contributed by atoms with van der Waals surface area (Å²) >= 11 is 0. The predicted molar refractivity (Wildman–Crippen MR) is 103 cm³/mol. The molecular formula is C20H20N4O2. The van der Waals surface area contributed by atoms with Crippen LogP contribution >= 0.6 is 0 Å². The molecule has 1 aromatic heterocycles. The number of hydrogen-bond donors (Lipinski definition) is 1. The Kier molecular flexibility index (Phi) is 4.05. The summed E-state index contributed by atoms with van der Waals surface area (Å²) < 4.78 is 0. The SMILES string of the molecule is Cc1ccc2c(Nc3ccc4c(c3)CN(C)CC4)nccc2c1[N+](=O)[O-]. The lowest BCUT2D eigenvalue weighted by Crippen LogP contribution is -2.26. The number of hydrogen-bond acceptors (Lipinski definition) is 5. The van der Waals surface area contributed by atoms with Crippen molar-refractivity contribution in [3.63, 3.8) is 0 Å². The van der Waals surface area contributed by atoms with Gasteiger partial charge < -0.3 is 10.2 Å². The van der Waals surface area contributed by atoms with Gasteiger partial charge in [0, 0.05) is 35.9 Å². The smallest absolute Gasteiger partial charge is 0.280 e. The molecule has 0 atom stereocenters. The summed E-state index contributed by atoms with van der Waals surface area (Å²) in [6, 6.07) is 11.7. The number of aromatic nitrogens is 1. The van der Waals surface area contributed by atoms with E-state index in [0.717, 1.165) is 30.6 Å². The van der Waals surface area contributed by atoms with Gasteiger partial charge in [-0.05, 0) is 55.8 Å². The molecule has 2 aromatic carbocycles. The molecule has 26 heavy (non-hydrogen) atoms. The molecule has 6 heteroatoms. The number of nitrogens with zero attached hydrogens (tertiary/aromatic N) is 3. The minimum atomic E-state index is -0.323. The fraction of sp³-hybridized carbons (Fsp3) is 0.250. The zero-order chi connectivity index (χ0) is 18.3. The molecule has 1 aliphatic rings. The first-order valence-electron chi connectivity index (χ1n) is 8.63. The van der Waals surface area contributed by atoms with Crippen molar-refractivity contribution in [1.82, 2.24) is 9.88 Å². The van der Waals surface area contributed by atoms with Crippen LogP contribution in [0.5, 0.6) is 0 Å². The number of rotatable bonds is 3. The van der Waals surface area contributed by atoms with Gasteiger partial charge in [-0.15, -0.1) is 0 Å².